The maximum atomic E-state index is 12.9. The number of amides is 1. The Kier molecular flexibility index (Phi) is 7.22. The van der Waals surface area contributed by atoms with Crippen LogP contribution in [0.5, 0.6) is 0 Å². The van der Waals surface area contributed by atoms with Crippen molar-refractivity contribution >= 4 is 33.5 Å². The van der Waals surface area contributed by atoms with Crippen LogP contribution in [0.4, 0.5) is 11.4 Å². The first-order valence-corrected chi connectivity index (χ1v) is 10.6. The topological polar surface area (TPSA) is 96.0 Å². The molecular formula is C21H27N3O5S. The largest absolute Gasteiger partial charge is 0.465 e. The number of esters is 1. The molecule has 0 fully saturated rings. The number of benzene rings is 2. The third-order valence-corrected chi connectivity index (χ3v) is 6.48. The van der Waals surface area contributed by atoms with Gasteiger partial charge in [-0.3, -0.25) is 4.79 Å². The van der Waals surface area contributed by atoms with Gasteiger partial charge in [0.1, 0.15) is 6.54 Å². The Labute approximate surface area is 177 Å². The summed E-state index contributed by atoms with van der Waals surface area (Å²) >= 11 is 0. The van der Waals surface area contributed by atoms with Crippen molar-refractivity contribution in [2.45, 2.75) is 20.8 Å². The molecule has 0 aliphatic rings. The van der Waals surface area contributed by atoms with Gasteiger partial charge in [0.15, 0.2) is 0 Å². The average molecular weight is 434 g/mol. The van der Waals surface area contributed by atoms with Crippen molar-refractivity contribution in [3.63, 3.8) is 0 Å². The van der Waals surface area contributed by atoms with Gasteiger partial charge in [0.2, 0.25) is 5.91 Å². The van der Waals surface area contributed by atoms with Crippen LogP contribution in [0.2, 0.25) is 0 Å². The molecule has 1 N–H and O–H groups in total. The smallest absolute Gasteiger partial charge is 0.338 e. The molecule has 2 aromatic rings. The molecule has 2 rings (SSSR count). The molecule has 0 spiro atoms. The normalized spacial score (nSPS) is 11.3. The number of carbonyl (C=O) groups is 2. The second-order valence-corrected chi connectivity index (χ2v) is 9.17. The number of methoxy groups -OCH3 is 1. The van der Waals surface area contributed by atoms with E-state index in [1.54, 1.807) is 38.1 Å². The van der Waals surface area contributed by atoms with Gasteiger partial charge in [-0.1, -0.05) is 18.2 Å². The summed E-state index contributed by atoms with van der Waals surface area (Å²) in [6.07, 6.45) is 0. The molecule has 0 bridgehead atoms. The fourth-order valence-electron chi connectivity index (χ4n) is 2.90. The first-order chi connectivity index (χ1) is 14.0. The number of ether oxygens (including phenoxy) is 1. The molecule has 162 valence electrons. The second kappa shape index (κ2) is 9.27. The number of rotatable bonds is 7. The first kappa shape index (κ1) is 23.4. The molecule has 0 aromatic heterocycles. The van der Waals surface area contributed by atoms with E-state index in [1.165, 1.54) is 21.2 Å². The zero-order chi connectivity index (χ0) is 22.6. The maximum absolute atomic E-state index is 12.9. The van der Waals surface area contributed by atoms with Gasteiger partial charge in [-0.05, 0) is 55.7 Å². The number of hydrogen-bond acceptors (Lipinski definition) is 5. The quantitative estimate of drug-likeness (QED) is 0.677. The molecule has 1 amide bonds. The minimum absolute atomic E-state index is 0.322. The standard InChI is InChI=1S/C21H27N3O5S/c1-14-10-11-15(2)19(12-14)24(30(27,28)23(4)5)13-20(25)22-18-9-7-8-17(16(18)3)21(26)29-6/h7-12H,13H2,1-6H3,(H,22,25). The molecule has 0 saturated carbocycles. The molecule has 0 aliphatic carbocycles. The fourth-order valence-corrected chi connectivity index (χ4v) is 4.02. The summed E-state index contributed by atoms with van der Waals surface area (Å²) in [4.78, 5) is 24.7. The highest BCUT2D eigenvalue weighted by atomic mass is 32.2. The fraction of sp³-hybridized carbons (Fsp3) is 0.333. The van der Waals surface area contributed by atoms with E-state index in [0.717, 1.165) is 19.7 Å². The SMILES string of the molecule is COC(=O)c1cccc(NC(=O)CN(c2cc(C)ccc2C)S(=O)(=O)N(C)C)c1C. The van der Waals surface area contributed by atoms with Crippen molar-refractivity contribution < 1.29 is 22.7 Å². The summed E-state index contributed by atoms with van der Waals surface area (Å²) in [5.74, 6) is -1.05. The van der Waals surface area contributed by atoms with Crippen LogP contribution in [0.15, 0.2) is 36.4 Å². The molecule has 0 unspecified atom stereocenters. The van der Waals surface area contributed by atoms with Gasteiger partial charge < -0.3 is 10.1 Å². The minimum Gasteiger partial charge on any atom is -0.465 e. The molecule has 0 radical (unpaired) electrons. The Morgan fingerprint density at radius 3 is 2.33 bits per heavy atom. The second-order valence-electron chi connectivity index (χ2n) is 7.10. The van der Waals surface area contributed by atoms with Crippen LogP contribution in [0.25, 0.3) is 0 Å². The number of carbonyl (C=O) groups excluding carboxylic acids is 2. The maximum Gasteiger partial charge on any atom is 0.338 e. The third kappa shape index (κ3) is 4.98. The van der Waals surface area contributed by atoms with Gasteiger partial charge in [0.05, 0.1) is 18.4 Å². The van der Waals surface area contributed by atoms with E-state index in [9.17, 15) is 18.0 Å². The molecule has 8 nitrogen and oxygen atoms in total. The lowest BCUT2D eigenvalue weighted by Crippen LogP contribution is -2.44. The van der Waals surface area contributed by atoms with Crippen LogP contribution >= 0.6 is 0 Å². The zero-order valence-corrected chi connectivity index (χ0v) is 18.8. The van der Waals surface area contributed by atoms with Gasteiger partial charge >= 0.3 is 16.2 Å². The lowest BCUT2D eigenvalue weighted by atomic mass is 10.1. The van der Waals surface area contributed by atoms with Crippen molar-refractivity contribution in [1.82, 2.24) is 4.31 Å². The van der Waals surface area contributed by atoms with Crippen molar-refractivity contribution in [2.24, 2.45) is 0 Å². The Morgan fingerprint density at radius 1 is 1.07 bits per heavy atom. The molecule has 9 heteroatoms. The van der Waals surface area contributed by atoms with Crippen molar-refractivity contribution in [3.8, 4) is 0 Å². The molecule has 0 heterocycles. The average Bonchev–Trinajstić information content (AvgIpc) is 2.69. The van der Waals surface area contributed by atoms with Crippen molar-refractivity contribution in [1.29, 1.82) is 0 Å². The van der Waals surface area contributed by atoms with Crippen LogP contribution in [-0.4, -0.2) is 52.3 Å². The third-order valence-electron chi connectivity index (χ3n) is 4.67. The highest BCUT2D eigenvalue weighted by Crippen LogP contribution is 2.26. The number of hydrogen-bond donors (Lipinski definition) is 1. The molecule has 0 saturated heterocycles. The van der Waals surface area contributed by atoms with Crippen molar-refractivity contribution in [2.75, 3.05) is 37.4 Å². The molecule has 30 heavy (non-hydrogen) atoms. The number of nitrogens with one attached hydrogen (secondary N) is 1. The van der Waals surface area contributed by atoms with E-state index < -0.39 is 28.6 Å². The first-order valence-electron chi connectivity index (χ1n) is 9.24. The van der Waals surface area contributed by atoms with E-state index in [2.05, 4.69) is 5.32 Å². The number of nitrogens with zero attached hydrogens (tertiary/aromatic N) is 2. The van der Waals surface area contributed by atoms with Crippen LogP contribution in [0.3, 0.4) is 0 Å². The van der Waals surface area contributed by atoms with Crippen LogP contribution in [0.1, 0.15) is 27.0 Å². The Balaban J connectivity index is 2.39. The van der Waals surface area contributed by atoms with E-state index in [4.69, 9.17) is 4.74 Å². The summed E-state index contributed by atoms with van der Waals surface area (Å²) in [5, 5.41) is 2.70. The van der Waals surface area contributed by atoms with E-state index in [0.29, 0.717) is 22.5 Å². The van der Waals surface area contributed by atoms with E-state index in [1.807, 2.05) is 19.1 Å². The van der Waals surface area contributed by atoms with Gasteiger partial charge in [0, 0.05) is 19.8 Å². The summed E-state index contributed by atoms with van der Waals surface area (Å²) < 4.78 is 32.8. The summed E-state index contributed by atoms with van der Waals surface area (Å²) in [7, 11) is 0.180. The Morgan fingerprint density at radius 2 is 1.73 bits per heavy atom. The lowest BCUT2D eigenvalue weighted by Gasteiger charge is -2.28. The lowest BCUT2D eigenvalue weighted by molar-refractivity contribution is -0.114. The molecule has 2 aromatic carbocycles. The predicted molar refractivity (Wildman–Crippen MR) is 117 cm³/mol. The van der Waals surface area contributed by atoms with Gasteiger partial charge in [0.25, 0.3) is 0 Å². The minimum atomic E-state index is -3.92. The van der Waals surface area contributed by atoms with Crippen molar-refractivity contribution in [3.05, 3.63) is 58.7 Å². The van der Waals surface area contributed by atoms with E-state index >= 15 is 0 Å². The highest BCUT2D eigenvalue weighted by molar-refractivity contribution is 7.90. The van der Waals surface area contributed by atoms with Gasteiger partial charge in [-0.15, -0.1) is 0 Å². The van der Waals surface area contributed by atoms with Crippen LogP contribution < -0.4 is 9.62 Å². The Bertz CT molecular complexity index is 1060. The Hall–Kier alpha value is -2.91. The summed E-state index contributed by atoms with van der Waals surface area (Å²) in [5.41, 5.74) is 3.29. The molecule has 0 atom stereocenters. The van der Waals surface area contributed by atoms with Crippen LogP contribution in [0, 0.1) is 20.8 Å². The molecular weight excluding hydrogens is 406 g/mol. The van der Waals surface area contributed by atoms with Crippen LogP contribution in [-0.2, 0) is 19.7 Å². The zero-order valence-electron chi connectivity index (χ0n) is 18.0. The molecule has 0 aliphatic heterocycles. The summed E-state index contributed by atoms with van der Waals surface area (Å²) in [6, 6.07) is 10.3. The van der Waals surface area contributed by atoms with Gasteiger partial charge in [-0.25, -0.2) is 9.10 Å². The monoisotopic (exact) mass is 433 g/mol. The predicted octanol–water partition coefficient (Wildman–Crippen LogP) is 2.65. The number of aryl methyl sites for hydroxylation is 2. The van der Waals surface area contributed by atoms with Gasteiger partial charge in [-0.2, -0.15) is 12.7 Å². The highest BCUT2D eigenvalue weighted by Gasteiger charge is 2.28. The summed E-state index contributed by atoms with van der Waals surface area (Å²) in [6.45, 7) is 4.90. The number of anilines is 2. The van der Waals surface area contributed by atoms with E-state index in [-0.39, 0.29) is 0 Å².